The smallest absolute Gasteiger partial charge is 0.152 e. The summed E-state index contributed by atoms with van der Waals surface area (Å²) in [4.78, 5) is 10.5. The minimum absolute atomic E-state index is 0.0914. The number of carbonyl (C=O) groups excluding carboxylic acids is 1. The van der Waals surface area contributed by atoms with Gasteiger partial charge in [0.05, 0.1) is 6.10 Å². The van der Waals surface area contributed by atoms with Crippen molar-refractivity contribution >= 4 is 5.78 Å². The van der Waals surface area contributed by atoms with E-state index in [0.29, 0.717) is 0 Å². The summed E-state index contributed by atoms with van der Waals surface area (Å²) < 4.78 is 5.26. The van der Waals surface area contributed by atoms with Gasteiger partial charge in [-0.2, -0.15) is 0 Å². The Hall–Kier alpha value is -0.630. The number of ketones is 1. The fraction of sp³-hybridized carbons (Fsp3) is 0.667. The van der Waals surface area contributed by atoms with E-state index < -0.39 is 0 Å². The summed E-state index contributed by atoms with van der Waals surface area (Å²) in [5.41, 5.74) is 0. The second-order valence-electron chi connectivity index (χ2n) is 2.51. The summed E-state index contributed by atoms with van der Waals surface area (Å²) in [6.07, 6.45) is 4.46. The molecule has 1 unspecified atom stereocenters. The molecule has 0 aromatic carbocycles. The molecule has 0 fully saturated rings. The van der Waals surface area contributed by atoms with Gasteiger partial charge in [0.15, 0.2) is 5.78 Å². The van der Waals surface area contributed by atoms with Crippen LogP contribution in [0.5, 0.6) is 0 Å². The molecule has 0 saturated carbocycles. The highest BCUT2D eigenvalue weighted by molar-refractivity contribution is 5.87. The van der Waals surface area contributed by atoms with Gasteiger partial charge in [-0.05, 0) is 33.3 Å². The van der Waals surface area contributed by atoms with E-state index in [9.17, 15) is 4.79 Å². The SMILES string of the molecule is CCOC(C)CC=CC(C)=O. The molecule has 0 aliphatic heterocycles. The lowest BCUT2D eigenvalue weighted by molar-refractivity contribution is -0.112. The standard InChI is InChI=1S/C9H16O2/c1-4-11-9(3)7-5-6-8(2)10/h5-6,9H,4,7H2,1-3H3. The lowest BCUT2D eigenvalue weighted by Gasteiger charge is -2.06. The fourth-order valence-corrected chi connectivity index (χ4v) is 0.778. The van der Waals surface area contributed by atoms with E-state index in [-0.39, 0.29) is 11.9 Å². The van der Waals surface area contributed by atoms with Gasteiger partial charge in [-0.15, -0.1) is 0 Å². The lowest BCUT2D eigenvalue weighted by atomic mass is 10.2. The molecule has 0 heterocycles. The number of carbonyl (C=O) groups is 1. The molecule has 0 spiro atoms. The van der Waals surface area contributed by atoms with Gasteiger partial charge in [-0.3, -0.25) is 4.79 Å². The van der Waals surface area contributed by atoms with Crippen LogP contribution in [0, 0.1) is 0 Å². The minimum Gasteiger partial charge on any atom is -0.378 e. The average molecular weight is 156 g/mol. The molecular formula is C9H16O2. The van der Waals surface area contributed by atoms with Crippen LogP contribution in [0.2, 0.25) is 0 Å². The van der Waals surface area contributed by atoms with E-state index >= 15 is 0 Å². The predicted molar refractivity (Wildman–Crippen MR) is 45.5 cm³/mol. The van der Waals surface area contributed by atoms with Gasteiger partial charge in [-0.25, -0.2) is 0 Å². The summed E-state index contributed by atoms with van der Waals surface area (Å²) in [5.74, 6) is 0.0914. The van der Waals surface area contributed by atoms with Crippen LogP contribution in [0.25, 0.3) is 0 Å². The molecule has 0 amide bonds. The lowest BCUT2D eigenvalue weighted by Crippen LogP contribution is -2.05. The van der Waals surface area contributed by atoms with Gasteiger partial charge in [0.25, 0.3) is 0 Å². The van der Waals surface area contributed by atoms with Gasteiger partial charge >= 0.3 is 0 Å². The Morgan fingerprint density at radius 2 is 2.27 bits per heavy atom. The first-order valence-corrected chi connectivity index (χ1v) is 3.95. The van der Waals surface area contributed by atoms with E-state index in [1.54, 1.807) is 13.0 Å². The van der Waals surface area contributed by atoms with Crippen molar-refractivity contribution < 1.29 is 9.53 Å². The highest BCUT2D eigenvalue weighted by atomic mass is 16.5. The number of rotatable bonds is 5. The highest BCUT2D eigenvalue weighted by Crippen LogP contribution is 1.97. The third-order valence-electron chi connectivity index (χ3n) is 1.27. The number of hydrogen-bond donors (Lipinski definition) is 0. The number of allylic oxidation sites excluding steroid dienone is 1. The van der Waals surface area contributed by atoms with E-state index in [2.05, 4.69) is 0 Å². The quantitative estimate of drug-likeness (QED) is 0.569. The topological polar surface area (TPSA) is 26.3 Å². The second-order valence-corrected chi connectivity index (χ2v) is 2.51. The third kappa shape index (κ3) is 7.26. The van der Waals surface area contributed by atoms with Crippen LogP contribution in [0.3, 0.4) is 0 Å². The Kier molecular flexibility index (Phi) is 5.75. The zero-order valence-corrected chi connectivity index (χ0v) is 7.46. The summed E-state index contributed by atoms with van der Waals surface area (Å²) in [6, 6.07) is 0. The van der Waals surface area contributed by atoms with Gasteiger partial charge in [0, 0.05) is 6.61 Å². The zero-order chi connectivity index (χ0) is 8.69. The first-order valence-electron chi connectivity index (χ1n) is 3.95. The molecule has 2 heteroatoms. The Morgan fingerprint density at radius 1 is 1.64 bits per heavy atom. The number of hydrogen-bond acceptors (Lipinski definition) is 2. The van der Waals surface area contributed by atoms with Crippen molar-refractivity contribution in [1.82, 2.24) is 0 Å². The molecule has 0 bridgehead atoms. The monoisotopic (exact) mass is 156 g/mol. The van der Waals surface area contributed by atoms with Crippen LogP contribution in [0.4, 0.5) is 0 Å². The molecule has 0 aliphatic carbocycles. The molecule has 11 heavy (non-hydrogen) atoms. The van der Waals surface area contributed by atoms with Gasteiger partial charge in [0.1, 0.15) is 0 Å². The van der Waals surface area contributed by atoms with Crippen molar-refractivity contribution in [3.05, 3.63) is 12.2 Å². The maximum Gasteiger partial charge on any atom is 0.152 e. The number of ether oxygens (including phenoxy) is 1. The van der Waals surface area contributed by atoms with E-state index in [0.717, 1.165) is 13.0 Å². The first-order chi connectivity index (χ1) is 5.16. The molecule has 2 nitrogen and oxygen atoms in total. The summed E-state index contributed by atoms with van der Waals surface area (Å²) in [6.45, 7) is 6.23. The molecule has 0 aromatic rings. The molecule has 64 valence electrons. The van der Waals surface area contributed by atoms with E-state index in [1.165, 1.54) is 0 Å². The predicted octanol–water partition coefficient (Wildman–Crippen LogP) is 1.95. The zero-order valence-electron chi connectivity index (χ0n) is 7.46. The highest BCUT2D eigenvalue weighted by Gasteiger charge is 1.95. The Balaban J connectivity index is 3.44. The van der Waals surface area contributed by atoms with Crippen molar-refractivity contribution in [3.63, 3.8) is 0 Å². The maximum atomic E-state index is 10.5. The Labute approximate surface area is 68.2 Å². The molecule has 0 radical (unpaired) electrons. The maximum absolute atomic E-state index is 10.5. The normalized spacial score (nSPS) is 13.7. The van der Waals surface area contributed by atoms with Crippen molar-refractivity contribution in [1.29, 1.82) is 0 Å². The van der Waals surface area contributed by atoms with Crippen LogP contribution in [0.15, 0.2) is 12.2 Å². The summed E-state index contributed by atoms with van der Waals surface area (Å²) in [5, 5.41) is 0. The molecule has 0 aromatic heterocycles. The van der Waals surface area contributed by atoms with E-state index in [4.69, 9.17) is 4.74 Å². The molecule has 0 N–H and O–H groups in total. The summed E-state index contributed by atoms with van der Waals surface area (Å²) in [7, 11) is 0. The van der Waals surface area contributed by atoms with E-state index in [1.807, 2.05) is 19.9 Å². The van der Waals surface area contributed by atoms with Gasteiger partial charge in [0.2, 0.25) is 0 Å². The molecule has 0 saturated heterocycles. The van der Waals surface area contributed by atoms with Crippen molar-refractivity contribution in [2.24, 2.45) is 0 Å². The fourth-order valence-electron chi connectivity index (χ4n) is 0.778. The minimum atomic E-state index is 0.0914. The van der Waals surface area contributed by atoms with Crippen LogP contribution in [-0.4, -0.2) is 18.5 Å². The molecule has 0 aliphatic rings. The Morgan fingerprint density at radius 3 is 2.73 bits per heavy atom. The van der Waals surface area contributed by atoms with Gasteiger partial charge in [-0.1, -0.05) is 6.08 Å². The Bertz CT molecular complexity index is 138. The van der Waals surface area contributed by atoms with Gasteiger partial charge < -0.3 is 4.74 Å². The summed E-state index contributed by atoms with van der Waals surface area (Å²) >= 11 is 0. The van der Waals surface area contributed by atoms with Crippen molar-refractivity contribution in [3.8, 4) is 0 Å². The molecule has 1 atom stereocenters. The first kappa shape index (κ1) is 10.4. The van der Waals surface area contributed by atoms with Crippen LogP contribution < -0.4 is 0 Å². The van der Waals surface area contributed by atoms with Crippen LogP contribution >= 0.6 is 0 Å². The average Bonchev–Trinajstić information content (AvgIpc) is 1.87. The molecule has 0 rings (SSSR count). The van der Waals surface area contributed by atoms with Crippen LogP contribution in [-0.2, 0) is 9.53 Å². The molecular weight excluding hydrogens is 140 g/mol. The van der Waals surface area contributed by atoms with Crippen LogP contribution in [0.1, 0.15) is 27.2 Å². The largest absolute Gasteiger partial charge is 0.378 e. The second kappa shape index (κ2) is 6.10. The van der Waals surface area contributed by atoms with Crippen molar-refractivity contribution in [2.75, 3.05) is 6.61 Å². The third-order valence-corrected chi connectivity index (χ3v) is 1.27. The van der Waals surface area contributed by atoms with Crippen molar-refractivity contribution in [2.45, 2.75) is 33.3 Å².